The Kier molecular flexibility index (Phi) is 5.57. The largest absolute Gasteiger partial charge is 0.494 e. The molecule has 0 aliphatic heterocycles. The van der Waals surface area contributed by atoms with E-state index in [1.165, 1.54) is 0 Å². The molecule has 4 aromatic rings. The van der Waals surface area contributed by atoms with Crippen LogP contribution in [-0.4, -0.2) is 28.4 Å². The minimum Gasteiger partial charge on any atom is -0.494 e. The lowest BCUT2D eigenvalue weighted by atomic mass is 10.0. The van der Waals surface area contributed by atoms with Gasteiger partial charge >= 0.3 is 0 Å². The van der Waals surface area contributed by atoms with E-state index in [2.05, 4.69) is 32.9 Å². The first kappa shape index (κ1) is 19.4. The summed E-state index contributed by atoms with van der Waals surface area (Å²) < 4.78 is 5.52. The quantitative estimate of drug-likeness (QED) is 0.362. The molecule has 0 bridgehead atoms. The standard InChI is InChI=1S/C24H22N4O2/c1-3-30-19-11-6-10-18(14-19)22-15-23(27-26-22)24(29)28-25-16(2)20-13-7-9-17-8-4-5-12-21(17)20/h4-15H,3H2,1-2H3,(H,26,27)(H,28,29)/b25-16+. The zero-order valence-electron chi connectivity index (χ0n) is 16.8. The van der Waals surface area contributed by atoms with Gasteiger partial charge in [0.2, 0.25) is 0 Å². The average molecular weight is 398 g/mol. The number of nitrogens with zero attached hydrogens (tertiary/aromatic N) is 2. The van der Waals surface area contributed by atoms with Gasteiger partial charge in [0.25, 0.3) is 5.91 Å². The first-order valence-electron chi connectivity index (χ1n) is 9.77. The van der Waals surface area contributed by atoms with Crippen LogP contribution >= 0.6 is 0 Å². The molecule has 0 unspecified atom stereocenters. The van der Waals surface area contributed by atoms with Gasteiger partial charge in [-0.3, -0.25) is 9.89 Å². The van der Waals surface area contributed by atoms with Gasteiger partial charge in [-0.15, -0.1) is 0 Å². The van der Waals surface area contributed by atoms with Gasteiger partial charge in [0.05, 0.1) is 18.0 Å². The molecule has 0 fully saturated rings. The van der Waals surface area contributed by atoms with Gasteiger partial charge in [0.1, 0.15) is 11.4 Å². The first-order chi connectivity index (χ1) is 14.7. The Balaban J connectivity index is 1.51. The molecule has 0 spiro atoms. The average Bonchev–Trinajstić information content (AvgIpc) is 3.28. The van der Waals surface area contributed by atoms with Gasteiger partial charge in [-0.05, 0) is 42.8 Å². The van der Waals surface area contributed by atoms with Crippen molar-refractivity contribution in [3.63, 3.8) is 0 Å². The zero-order chi connectivity index (χ0) is 20.9. The first-order valence-corrected chi connectivity index (χ1v) is 9.77. The van der Waals surface area contributed by atoms with Gasteiger partial charge < -0.3 is 4.74 Å². The van der Waals surface area contributed by atoms with Crippen LogP contribution in [0.4, 0.5) is 0 Å². The highest BCUT2D eigenvalue weighted by molar-refractivity contribution is 6.10. The predicted molar refractivity (Wildman–Crippen MR) is 119 cm³/mol. The highest BCUT2D eigenvalue weighted by Crippen LogP contribution is 2.23. The number of hydrogen-bond donors (Lipinski definition) is 2. The van der Waals surface area contributed by atoms with Crippen molar-refractivity contribution in [3.05, 3.63) is 84.1 Å². The van der Waals surface area contributed by atoms with E-state index < -0.39 is 0 Å². The van der Waals surface area contributed by atoms with E-state index in [0.29, 0.717) is 18.0 Å². The van der Waals surface area contributed by atoms with Crippen LogP contribution in [-0.2, 0) is 0 Å². The second kappa shape index (κ2) is 8.61. The van der Waals surface area contributed by atoms with Gasteiger partial charge in [-0.25, -0.2) is 5.43 Å². The number of hydrazone groups is 1. The number of aromatic amines is 1. The van der Waals surface area contributed by atoms with Crippen LogP contribution in [0.3, 0.4) is 0 Å². The van der Waals surface area contributed by atoms with E-state index >= 15 is 0 Å². The minimum absolute atomic E-state index is 0.335. The summed E-state index contributed by atoms with van der Waals surface area (Å²) in [6, 6.07) is 23.4. The molecular formula is C24H22N4O2. The van der Waals surface area contributed by atoms with Crippen LogP contribution in [0, 0.1) is 0 Å². The fraction of sp³-hybridized carbons (Fsp3) is 0.125. The third-order valence-corrected chi connectivity index (χ3v) is 4.77. The molecule has 0 radical (unpaired) electrons. The SMILES string of the molecule is CCOc1cccc(-c2cc(C(=O)N/N=C(\C)c3cccc4ccccc34)[nH]n2)c1. The number of amides is 1. The monoisotopic (exact) mass is 398 g/mol. The molecule has 150 valence electrons. The number of ether oxygens (including phenoxy) is 1. The summed E-state index contributed by atoms with van der Waals surface area (Å²) in [7, 11) is 0. The second-order valence-corrected chi connectivity index (χ2v) is 6.79. The van der Waals surface area contributed by atoms with E-state index in [9.17, 15) is 4.79 Å². The van der Waals surface area contributed by atoms with Crippen molar-refractivity contribution in [3.8, 4) is 17.0 Å². The van der Waals surface area contributed by atoms with Gasteiger partial charge in [-0.1, -0.05) is 54.6 Å². The maximum atomic E-state index is 12.5. The van der Waals surface area contributed by atoms with Crippen LogP contribution in [0.2, 0.25) is 0 Å². The highest BCUT2D eigenvalue weighted by Gasteiger charge is 2.12. The number of rotatable bonds is 6. The molecule has 4 rings (SSSR count). The minimum atomic E-state index is -0.353. The Morgan fingerprint density at radius 3 is 2.73 bits per heavy atom. The van der Waals surface area contributed by atoms with E-state index in [4.69, 9.17) is 4.74 Å². The van der Waals surface area contributed by atoms with E-state index in [1.54, 1.807) is 6.07 Å². The van der Waals surface area contributed by atoms with Gasteiger partial charge in [0.15, 0.2) is 0 Å². The van der Waals surface area contributed by atoms with Crippen molar-refractivity contribution in [1.82, 2.24) is 15.6 Å². The number of benzene rings is 3. The molecule has 30 heavy (non-hydrogen) atoms. The number of carbonyl (C=O) groups excluding carboxylic acids is 1. The third kappa shape index (κ3) is 4.07. The van der Waals surface area contributed by atoms with Crippen LogP contribution in [0.25, 0.3) is 22.0 Å². The fourth-order valence-electron chi connectivity index (χ4n) is 3.29. The van der Waals surface area contributed by atoms with Gasteiger partial charge in [-0.2, -0.15) is 10.2 Å². The Bertz CT molecular complexity index is 1220. The normalized spacial score (nSPS) is 11.5. The maximum absolute atomic E-state index is 12.5. The molecule has 0 aliphatic carbocycles. The fourth-order valence-corrected chi connectivity index (χ4v) is 3.29. The molecule has 6 nitrogen and oxygen atoms in total. The van der Waals surface area contributed by atoms with Crippen molar-refractivity contribution in [2.24, 2.45) is 5.10 Å². The Morgan fingerprint density at radius 1 is 1.07 bits per heavy atom. The summed E-state index contributed by atoms with van der Waals surface area (Å²) in [5, 5.41) is 13.5. The number of aromatic nitrogens is 2. The topological polar surface area (TPSA) is 79.4 Å². The van der Waals surface area contributed by atoms with Crippen molar-refractivity contribution in [1.29, 1.82) is 0 Å². The van der Waals surface area contributed by atoms with Crippen molar-refractivity contribution in [2.45, 2.75) is 13.8 Å². The lowest BCUT2D eigenvalue weighted by Gasteiger charge is -2.06. The number of H-pyrrole nitrogens is 1. The summed E-state index contributed by atoms with van der Waals surface area (Å²) >= 11 is 0. The Morgan fingerprint density at radius 2 is 1.87 bits per heavy atom. The van der Waals surface area contributed by atoms with Crippen molar-refractivity contribution < 1.29 is 9.53 Å². The lowest BCUT2D eigenvalue weighted by molar-refractivity contribution is 0.0950. The van der Waals surface area contributed by atoms with Crippen molar-refractivity contribution >= 4 is 22.4 Å². The van der Waals surface area contributed by atoms with Crippen LogP contribution in [0.5, 0.6) is 5.75 Å². The smallest absolute Gasteiger partial charge is 0.289 e. The Hall–Kier alpha value is -3.93. The molecule has 0 atom stereocenters. The zero-order valence-corrected chi connectivity index (χ0v) is 16.8. The number of hydrogen-bond acceptors (Lipinski definition) is 4. The number of carbonyl (C=O) groups is 1. The summed E-state index contributed by atoms with van der Waals surface area (Å²) in [6.07, 6.45) is 0. The van der Waals surface area contributed by atoms with Crippen molar-refractivity contribution in [2.75, 3.05) is 6.61 Å². The maximum Gasteiger partial charge on any atom is 0.289 e. The molecule has 2 N–H and O–H groups in total. The van der Waals surface area contributed by atoms with E-state index in [-0.39, 0.29) is 5.91 Å². The Labute approximate surface area is 174 Å². The molecule has 1 aromatic heterocycles. The lowest BCUT2D eigenvalue weighted by Crippen LogP contribution is -2.19. The number of nitrogens with one attached hydrogen (secondary N) is 2. The molecule has 6 heteroatoms. The second-order valence-electron chi connectivity index (χ2n) is 6.79. The highest BCUT2D eigenvalue weighted by atomic mass is 16.5. The molecule has 1 heterocycles. The summed E-state index contributed by atoms with van der Waals surface area (Å²) in [5.74, 6) is 0.411. The molecule has 0 aliphatic rings. The van der Waals surface area contributed by atoms with Gasteiger partial charge in [0, 0.05) is 11.1 Å². The molecular weight excluding hydrogens is 376 g/mol. The van der Waals surface area contributed by atoms with E-state index in [1.807, 2.05) is 68.4 Å². The molecule has 0 saturated carbocycles. The molecule has 1 amide bonds. The predicted octanol–water partition coefficient (Wildman–Crippen LogP) is 4.78. The number of fused-ring (bicyclic) bond motifs is 1. The summed E-state index contributed by atoms with van der Waals surface area (Å²) in [5.41, 5.74) is 6.18. The summed E-state index contributed by atoms with van der Waals surface area (Å²) in [6.45, 7) is 4.40. The summed E-state index contributed by atoms with van der Waals surface area (Å²) in [4.78, 5) is 12.5. The molecule has 3 aromatic carbocycles. The van der Waals surface area contributed by atoms with Crippen LogP contribution in [0.1, 0.15) is 29.9 Å². The molecule has 0 saturated heterocycles. The van der Waals surface area contributed by atoms with E-state index in [0.717, 1.165) is 33.4 Å². The third-order valence-electron chi connectivity index (χ3n) is 4.77. The van der Waals surface area contributed by atoms with Crippen LogP contribution in [0.15, 0.2) is 77.9 Å². The van der Waals surface area contributed by atoms with Crippen LogP contribution < -0.4 is 10.2 Å².